The third-order valence-electron chi connectivity index (χ3n) is 9.60. The van der Waals surface area contributed by atoms with E-state index in [-0.39, 0.29) is 22.7 Å². The number of ether oxygens (including phenoxy) is 1. The van der Waals surface area contributed by atoms with E-state index in [2.05, 4.69) is 52.2 Å². The van der Waals surface area contributed by atoms with Crippen molar-refractivity contribution in [3.63, 3.8) is 0 Å². The van der Waals surface area contributed by atoms with Gasteiger partial charge in [0.2, 0.25) is 0 Å². The molecule has 5 aromatic rings. The van der Waals surface area contributed by atoms with E-state index in [1.54, 1.807) is 38.3 Å². The molecule has 0 unspecified atom stereocenters. The van der Waals surface area contributed by atoms with E-state index in [0.717, 1.165) is 22.3 Å². The summed E-state index contributed by atoms with van der Waals surface area (Å²) >= 11 is 2.70. The van der Waals surface area contributed by atoms with Crippen molar-refractivity contribution >= 4 is 57.7 Å². The molecule has 1 saturated heterocycles. The van der Waals surface area contributed by atoms with Gasteiger partial charge in [0, 0.05) is 11.1 Å². The van der Waals surface area contributed by atoms with E-state index >= 15 is 0 Å². The van der Waals surface area contributed by atoms with Gasteiger partial charge in [-0.2, -0.15) is 0 Å². The molecular formula is C44H41N5O7S2. The molecule has 296 valence electrons. The SMILES string of the molecule is CO/N=C(\C(=O)N[C@@H]1C(=O)N2C(C(=O)OC(C)(C)C)=C(Cc3ccc(C(=O)O)cc3)CS[C@H]12)c1csc(NC(c2ccccc2)(c2ccccc2)c2ccccc2)n1. The normalized spacial score (nSPS) is 16.9. The van der Waals surface area contributed by atoms with Crippen LogP contribution < -0.4 is 10.6 Å². The molecule has 58 heavy (non-hydrogen) atoms. The number of rotatable bonds is 13. The molecule has 4 aromatic carbocycles. The highest BCUT2D eigenvalue weighted by atomic mass is 32.2. The van der Waals surface area contributed by atoms with Crippen LogP contribution in [0.25, 0.3) is 0 Å². The predicted octanol–water partition coefficient (Wildman–Crippen LogP) is 6.83. The molecule has 3 N–H and O–H groups in total. The minimum absolute atomic E-state index is 0.121. The first-order valence-corrected chi connectivity index (χ1v) is 20.4. The van der Waals surface area contributed by atoms with Crippen LogP contribution in [0.4, 0.5) is 5.13 Å². The average Bonchev–Trinajstić information content (AvgIpc) is 3.69. The molecule has 3 heterocycles. The minimum Gasteiger partial charge on any atom is -0.478 e. The van der Waals surface area contributed by atoms with Gasteiger partial charge in [-0.15, -0.1) is 23.1 Å². The lowest BCUT2D eigenvalue weighted by Crippen LogP contribution is -2.71. The van der Waals surface area contributed by atoms with E-state index < -0.39 is 46.3 Å². The Morgan fingerprint density at radius 2 is 1.45 bits per heavy atom. The molecule has 0 spiro atoms. The van der Waals surface area contributed by atoms with Crippen LogP contribution in [0.15, 0.2) is 137 Å². The Labute approximate surface area is 344 Å². The Morgan fingerprint density at radius 1 is 0.879 bits per heavy atom. The van der Waals surface area contributed by atoms with Crippen LogP contribution in [0.5, 0.6) is 0 Å². The number of fused-ring (bicyclic) bond motifs is 1. The zero-order chi connectivity index (χ0) is 41.0. The van der Waals surface area contributed by atoms with Gasteiger partial charge in [-0.3, -0.25) is 14.5 Å². The van der Waals surface area contributed by atoms with Crippen LogP contribution in [0.3, 0.4) is 0 Å². The monoisotopic (exact) mass is 815 g/mol. The molecule has 1 aromatic heterocycles. The number of benzene rings is 4. The van der Waals surface area contributed by atoms with Gasteiger partial charge in [0.1, 0.15) is 41.1 Å². The Balaban J connectivity index is 1.15. The lowest BCUT2D eigenvalue weighted by Gasteiger charge is -2.50. The molecule has 1 fully saturated rings. The molecule has 0 radical (unpaired) electrons. The topological polar surface area (TPSA) is 160 Å². The summed E-state index contributed by atoms with van der Waals surface area (Å²) in [6, 6.07) is 35.5. The number of oxime groups is 1. The quantitative estimate of drug-likeness (QED) is 0.0378. The standard InChI is InChI=1S/C44H41N5O7S2/c1-43(2,3)56-41(54)36-29(24-27-20-22-28(23-21-27)40(52)53)25-57-39-35(38(51)49(36)39)46-37(50)34(48-55-4)33-26-58-42(45-33)47-44(30-14-8-5-9-15-30,31-16-10-6-11-17-31)32-18-12-7-13-19-32/h5-23,26,35,39H,24-25H2,1-4H3,(H,45,47)(H,46,50)(H,52,53)/b48-34-/t35-,39-/m1/s1. The number of amides is 2. The van der Waals surface area contributed by atoms with Gasteiger partial charge >= 0.3 is 11.9 Å². The maximum atomic E-state index is 14.0. The number of carboxylic acid groups (broad SMARTS) is 1. The van der Waals surface area contributed by atoms with Gasteiger partial charge in [-0.05, 0) is 67.2 Å². The summed E-state index contributed by atoms with van der Waals surface area (Å²) in [5, 5.41) is 21.5. The number of thioether (sulfide) groups is 1. The predicted molar refractivity (Wildman–Crippen MR) is 223 cm³/mol. The van der Waals surface area contributed by atoms with E-state index in [4.69, 9.17) is 14.6 Å². The van der Waals surface area contributed by atoms with Gasteiger partial charge in [0.05, 0.1) is 5.56 Å². The molecule has 2 aliphatic rings. The number of carboxylic acids is 1. The number of aromatic nitrogens is 1. The molecule has 12 nitrogen and oxygen atoms in total. The summed E-state index contributed by atoms with van der Waals surface area (Å²) < 4.78 is 5.75. The zero-order valence-corrected chi connectivity index (χ0v) is 33.8. The number of hydrogen-bond donors (Lipinski definition) is 3. The zero-order valence-electron chi connectivity index (χ0n) is 32.2. The first kappa shape index (κ1) is 40.0. The second-order valence-electron chi connectivity index (χ2n) is 14.6. The number of nitrogens with one attached hydrogen (secondary N) is 2. The number of anilines is 1. The highest BCUT2D eigenvalue weighted by Gasteiger charge is 2.55. The number of carbonyl (C=O) groups excluding carboxylic acids is 3. The average molecular weight is 816 g/mol. The largest absolute Gasteiger partial charge is 0.478 e. The number of aromatic carboxylic acids is 1. The lowest BCUT2D eigenvalue weighted by atomic mass is 9.77. The van der Waals surface area contributed by atoms with Crippen LogP contribution in [0.1, 0.15) is 59.1 Å². The van der Waals surface area contributed by atoms with Gasteiger partial charge in [-0.1, -0.05) is 108 Å². The van der Waals surface area contributed by atoms with Crippen molar-refractivity contribution in [3.8, 4) is 0 Å². The third-order valence-corrected chi connectivity index (χ3v) is 11.7. The van der Waals surface area contributed by atoms with Crippen LogP contribution in [0, 0.1) is 0 Å². The Hall–Kier alpha value is -6.25. The lowest BCUT2D eigenvalue weighted by molar-refractivity contribution is -0.158. The molecule has 7 rings (SSSR count). The fourth-order valence-corrected chi connectivity index (χ4v) is 9.13. The first-order valence-electron chi connectivity index (χ1n) is 18.4. The second-order valence-corrected chi connectivity index (χ2v) is 16.6. The fraction of sp³-hybridized carbons (Fsp3) is 0.227. The molecule has 2 atom stereocenters. The van der Waals surface area contributed by atoms with Crippen LogP contribution in [-0.2, 0) is 35.9 Å². The highest BCUT2D eigenvalue weighted by Crippen LogP contribution is 2.43. The van der Waals surface area contributed by atoms with E-state index in [9.17, 15) is 24.3 Å². The number of β-lactam (4-membered cyclic amide) rings is 1. The summed E-state index contributed by atoms with van der Waals surface area (Å²) in [6.45, 7) is 5.23. The number of thiazole rings is 1. The maximum absolute atomic E-state index is 14.0. The Morgan fingerprint density at radius 3 is 1.97 bits per heavy atom. The van der Waals surface area contributed by atoms with E-state index in [0.29, 0.717) is 22.9 Å². The van der Waals surface area contributed by atoms with Gasteiger partial charge in [0.15, 0.2) is 10.8 Å². The van der Waals surface area contributed by atoms with E-state index in [1.807, 2.05) is 54.6 Å². The number of esters is 1. The van der Waals surface area contributed by atoms with Crippen LogP contribution in [-0.4, -0.2) is 74.3 Å². The minimum atomic E-state index is -1.04. The molecule has 2 aliphatic heterocycles. The summed E-state index contributed by atoms with van der Waals surface area (Å²) in [4.78, 5) is 64.3. The van der Waals surface area contributed by atoms with Gasteiger partial charge in [0.25, 0.3) is 11.8 Å². The summed E-state index contributed by atoms with van der Waals surface area (Å²) in [5.74, 6) is -2.50. The van der Waals surface area contributed by atoms with Gasteiger partial charge < -0.3 is 25.3 Å². The Kier molecular flexibility index (Phi) is 11.5. The van der Waals surface area contributed by atoms with Crippen LogP contribution >= 0.6 is 23.1 Å². The van der Waals surface area contributed by atoms with Crippen molar-refractivity contribution in [3.05, 3.63) is 165 Å². The third kappa shape index (κ3) is 8.11. The highest BCUT2D eigenvalue weighted by molar-refractivity contribution is 8.00. The maximum Gasteiger partial charge on any atom is 0.355 e. The van der Waals surface area contributed by atoms with Crippen molar-refractivity contribution < 1.29 is 33.9 Å². The van der Waals surface area contributed by atoms with Crippen molar-refractivity contribution in [2.75, 3.05) is 18.2 Å². The number of carbonyl (C=O) groups is 4. The number of hydrogen-bond acceptors (Lipinski definition) is 11. The Bertz CT molecular complexity index is 2280. The molecule has 0 bridgehead atoms. The number of nitrogens with zero attached hydrogens (tertiary/aromatic N) is 3. The van der Waals surface area contributed by atoms with Crippen molar-refractivity contribution in [2.45, 2.75) is 49.7 Å². The first-order chi connectivity index (χ1) is 27.9. The summed E-state index contributed by atoms with van der Waals surface area (Å²) in [7, 11) is 1.33. The fourth-order valence-electron chi connectivity index (χ4n) is 7.03. The molecule has 0 saturated carbocycles. The summed E-state index contributed by atoms with van der Waals surface area (Å²) in [6.07, 6.45) is 0.292. The van der Waals surface area contributed by atoms with E-state index in [1.165, 1.54) is 47.2 Å². The summed E-state index contributed by atoms with van der Waals surface area (Å²) in [5.41, 5.74) is 3.02. The van der Waals surface area contributed by atoms with Crippen molar-refractivity contribution in [1.82, 2.24) is 15.2 Å². The van der Waals surface area contributed by atoms with Gasteiger partial charge in [-0.25, -0.2) is 14.6 Å². The smallest absolute Gasteiger partial charge is 0.355 e. The van der Waals surface area contributed by atoms with Crippen molar-refractivity contribution in [2.24, 2.45) is 5.16 Å². The molecule has 2 amide bonds. The van der Waals surface area contributed by atoms with Crippen molar-refractivity contribution in [1.29, 1.82) is 0 Å². The molecule has 0 aliphatic carbocycles. The molecule has 14 heteroatoms. The second kappa shape index (κ2) is 16.7. The van der Waals surface area contributed by atoms with Crippen LogP contribution in [0.2, 0.25) is 0 Å². The molecular weight excluding hydrogens is 775 g/mol.